The summed E-state index contributed by atoms with van der Waals surface area (Å²) in [6.07, 6.45) is 2.66. The first-order valence-corrected chi connectivity index (χ1v) is 15.7. The molecule has 4 atom stereocenters. The second kappa shape index (κ2) is 10.8. The van der Waals surface area contributed by atoms with E-state index in [-0.39, 0.29) is 29.7 Å². The lowest BCUT2D eigenvalue weighted by atomic mass is 9.57. The van der Waals surface area contributed by atoms with Crippen LogP contribution in [0, 0.1) is 11.8 Å². The van der Waals surface area contributed by atoms with E-state index in [1.165, 1.54) is 29.4 Å². The van der Waals surface area contributed by atoms with Gasteiger partial charge in [0.2, 0.25) is 5.78 Å². The van der Waals surface area contributed by atoms with Gasteiger partial charge in [-0.1, -0.05) is 42.5 Å². The maximum Gasteiger partial charge on any atom is 0.255 e. The molecule has 0 bridgehead atoms. The van der Waals surface area contributed by atoms with Crippen LogP contribution in [0.2, 0.25) is 0 Å². The summed E-state index contributed by atoms with van der Waals surface area (Å²) in [5.74, 6) is -6.65. The highest BCUT2D eigenvalue weighted by molar-refractivity contribution is 6.24. The molecule has 10 nitrogen and oxygen atoms in total. The van der Waals surface area contributed by atoms with E-state index in [4.69, 9.17) is 5.73 Å². The Kier molecular flexibility index (Phi) is 7.08. The Morgan fingerprint density at radius 3 is 2.33 bits per heavy atom. The number of fused-ring (bicyclic) bond motifs is 4. The van der Waals surface area contributed by atoms with Crippen molar-refractivity contribution in [3.8, 4) is 16.9 Å². The normalized spacial score (nSPS) is 26.5. The largest absolute Gasteiger partial charge is 0.508 e. The number of Topliss-reactive ketones (excluding diaryl/α,β-unsaturated/α-hetero) is 2. The van der Waals surface area contributed by atoms with Crippen molar-refractivity contribution in [1.29, 1.82) is 0 Å². The fraction of sp³-hybridized carbons (Fsp3) is 0.361. The van der Waals surface area contributed by atoms with E-state index in [1.54, 1.807) is 14.1 Å². The van der Waals surface area contributed by atoms with Crippen LogP contribution in [0.1, 0.15) is 36.0 Å². The molecule has 1 saturated carbocycles. The summed E-state index contributed by atoms with van der Waals surface area (Å²) in [6.45, 7) is 2.99. The van der Waals surface area contributed by atoms with Gasteiger partial charge in [0, 0.05) is 18.0 Å². The molecule has 1 saturated heterocycles. The number of nitrogens with zero attached hydrogens (tertiary/aromatic N) is 2. The van der Waals surface area contributed by atoms with Crippen molar-refractivity contribution in [1.82, 2.24) is 9.80 Å². The molecule has 1 amide bonds. The summed E-state index contributed by atoms with van der Waals surface area (Å²) >= 11 is 0. The number of rotatable bonds is 5. The van der Waals surface area contributed by atoms with Crippen molar-refractivity contribution in [3.63, 3.8) is 0 Å². The van der Waals surface area contributed by atoms with Gasteiger partial charge in [-0.3, -0.25) is 24.2 Å². The van der Waals surface area contributed by atoms with Crippen LogP contribution in [0.15, 0.2) is 65.4 Å². The third kappa shape index (κ3) is 4.24. The Morgan fingerprint density at radius 2 is 1.65 bits per heavy atom. The van der Waals surface area contributed by atoms with E-state index >= 15 is 0 Å². The number of nitrogens with two attached hydrogens (primary N) is 1. The number of hydrogen-bond donors (Lipinski definition) is 5. The molecule has 0 radical (unpaired) electrons. The summed E-state index contributed by atoms with van der Waals surface area (Å²) < 4.78 is 0. The van der Waals surface area contributed by atoms with E-state index in [0.29, 0.717) is 5.56 Å². The van der Waals surface area contributed by atoms with E-state index in [9.17, 15) is 34.8 Å². The summed E-state index contributed by atoms with van der Waals surface area (Å²) in [5.41, 5.74) is 5.42. The van der Waals surface area contributed by atoms with Gasteiger partial charge in [-0.05, 0) is 97.9 Å². The lowest BCUT2D eigenvalue weighted by molar-refractivity contribution is -0.153. The number of carbonyl (C=O) groups is 3. The van der Waals surface area contributed by atoms with Gasteiger partial charge in [0.05, 0.1) is 11.6 Å². The van der Waals surface area contributed by atoms with Crippen molar-refractivity contribution in [2.24, 2.45) is 17.6 Å². The molecule has 4 aliphatic rings. The van der Waals surface area contributed by atoms with E-state index < -0.39 is 58.0 Å². The zero-order chi connectivity index (χ0) is 32.7. The predicted molar refractivity (Wildman–Crippen MR) is 172 cm³/mol. The number of aromatic hydroxyl groups is 1. The summed E-state index contributed by atoms with van der Waals surface area (Å²) in [6, 6.07) is 14.5. The highest BCUT2D eigenvalue weighted by Crippen LogP contribution is 2.54. The average Bonchev–Trinajstić information content (AvgIpc) is 3.52. The number of carbonyl (C=O) groups excluding carboxylic acids is 3. The van der Waals surface area contributed by atoms with E-state index in [0.717, 1.165) is 41.5 Å². The van der Waals surface area contributed by atoms with Crippen molar-refractivity contribution in [2.75, 3.05) is 27.2 Å². The molecular formula is C36H37N3O7. The van der Waals surface area contributed by atoms with Gasteiger partial charge in [0.15, 0.2) is 11.4 Å². The van der Waals surface area contributed by atoms with Gasteiger partial charge in [-0.2, -0.15) is 0 Å². The molecule has 3 aromatic rings. The van der Waals surface area contributed by atoms with Gasteiger partial charge in [0.25, 0.3) is 5.91 Å². The number of amides is 1. The van der Waals surface area contributed by atoms with Crippen LogP contribution in [0.25, 0.3) is 27.7 Å². The third-order valence-electron chi connectivity index (χ3n) is 10.5. The van der Waals surface area contributed by atoms with Crippen LogP contribution < -0.4 is 5.73 Å². The first kappa shape index (κ1) is 30.2. The fourth-order valence-corrected chi connectivity index (χ4v) is 8.41. The smallest absolute Gasteiger partial charge is 0.255 e. The highest BCUT2D eigenvalue weighted by Gasteiger charge is 2.64. The van der Waals surface area contributed by atoms with Crippen molar-refractivity contribution >= 4 is 34.0 Å². The highest BCUT2D eigenvalue weighted by atomic mass is 16.3. The first-order chi connectivity index (χ1) is 21.9. The molecule has 3 aromatic carbocycles. The molecule has 1 heterocycles. The summed E-state index contributed by atoms with van der Waals surface area (Å²) in [4.78, 5) is 43.8. The van der Waals surface area contributed by atoms with Crippen LogP contribution in [-0.4, -0.2) is 86.5 Å². The third-order valence-corrected chi connectivity index (χ3v) is 10.5. The summed E-state index contributed by atoms with van der Waals surface area (Å²) in [5, 5.41) is 47.9. The quantitative estimate of drug-likeness (QED) is 0.268. The van der Waals surface area contributed by atoms with Crippen LogP contribution in [0.4, 0.5) is 0 Å². The number of likely N-dealkylation sites (N-methyl/N-ethyl adjacent to an activating group) is 1. The van der Waals surface area contributed by atoms with Crippen LogP contribution in [0.5, 0.6) is 5.75 Å². The second-order valence-corrected chi connectivity index (χ2v) is 13.2. The van der Waals surface area contributed by atoms with Gasteiger partial charge in [0.1, 0.15) is 22.8 Å². The Morgan fingerprint density at radius 1 is 0.978 bits per heavy atom. The van der Waals surface area contributed by atoms with Gasteiger partial charge < -0.3 is 26.2 Å². The maximum absolute atomic E-state index is 14.2. The maximum atomic E-state index is 14.2. The number of benzene rings is 3. The Hall–Kier alpha value is -4.51. The van der Waals surface area contributed by atoms with E-state index in [1.807, 2.05) is 18.2 Å². The first-order valence-electron chi connectivity index (χ1n) is 15.7. The average molecular weight is 624 g/mol. The molecule has 46 heavy (non-hydrogen) atoms. The zero-order valence-corrected chi connectivity index (χ0v) is 25.8. The number of phenolic OH excluding ortho intramolecular Hbond substituents is 1. The number of aliphatic hydroxyl groups is 3. The number of phenols is 1. The van der Waals surface area contributed by atoms with Gasteiger partial charge in [-0.25, -0.2) is 0 Å². The zero-order valence-electron chi connectivity index (χ0n) is 25.8. The van der Waals surface area contributed by atoms with Crippen LogP contribution in [0.3, 0.4) is 0 Å². The summed E-state index contributed by atoms with van der Waals surface area (Å²) in [7, 11) is 3.17. The number of ketones is 2. The molecular weight excluding hydrogens is 586 g/mol. The number of hydrogen-bond acceptors (Lipinski definition) is 9. The minimum atomic E-state index is -2.67. The van der Waals surface area contributed by atoms with Crippen molar-refractivity contribution in [2.45, 2.75) is 43.9 Å². The number of primary amides is 1. The molecule has 3 aliphatic carbocycles. The van der Waals surface area contributed by atoms with Gasteiger partial charge in [-0.15, -0.1) is 0 Å². The molecule has 1 aliphatic heterocycles. The molecule has 0 aromatic heterocycles. The van der Waals surface area contributed by atoms with Gasteiger partial charge >= 0.3 is 0 Å². The van der Waals surface area contributed by atoms with E-state index in [2.05, 4.69) is 29.2 Å². The Bertz CT molecular complexity index is 1900. The monoisotopic (exact) mass is 623 g/mol. The molecule has 2 fully saturated rings. The Balaban J connectivity index is 1.39. The van der Waals surface area contributed by atoms with Crippen molar-refractivity contribution < 1.29 is 34.8 Å². The number of aliphatic hydroxyl groups excluding tert-OH is 2. The molecule has 238 valence electrons. The molecule has 10 heteroatoms. The molecule has 0 spiro atoms. The Labute approximate surface area is 266 Å². The lowest BCUT2D eigenvalue weighted by Gasteiger charge is -2.50. The van der Waals surface area contributed by atoms with Crippen LogP contribution in [-0.2, 0) is 27.3 Å². The predicted octanol–water partition coefficient (Wildman–Crippen LogP) is 3.38. The SMILES string of the molecule is CN(C)[C@@H]1C(=O)C(C(N)=O)=C(O)[C@@]2(O)C(=O)C3=C(O)c4c(O)ccc(-c5ccc(CN6CCCC6)c6ccccc56)c4C[C@H]3C[C@@H]12. The lowest BCUT2D eigenvalue weighted by Crippen LogP contribution is -2.65. The molecule has 6 N–H and O–H groups in total. The van der Waals surface area contributed by atoms with Crippen molar-refractivity contribution in [3.05, 3.63) is 82.1 Å². The molecule has 0 unspecified atom stereocenters. The topological polar surface area (TPSA) is 165 Å². The minimum Gasteiger partial charge on any atom is -0.508 e. The standard InChI is InChI=1S/C36H37N3O7/c1-38(2)30-25-16-19-15-24-23(22-10-9-18(17-39-13-5-6-14-39)20-7-3-4-8-21(20)22)11-12-26(40)28(24)31(41)27(19)33(43)36(25,46)34(44)29(32(30)42)35(37)45/h3-4,7-12,19,25,30,40-41,44,46H,5-6,13-17H2,1-2H3,(H2,37,45)/t19-,25-,30-,36-/m0/s1. The fourth-order valence-electron chi connectivity index (χ4n) is 8.41. The minimum absolute atomic E-state index is 0.0381. The molecule has 7 rings (SSSR count). The van der Waals surface area contributed by atoms with Crippen LogP contribution >= 0.6 is 0 Å². The number of likely N-dealkylation sites (tertiary alicyclic amines) is 1. The second-order valence-electron chi connectivity index (χ2n) is 13.2.